The second-order valence-corrected chi connectivity index (χ2v) is 6.29. The fourth-order valence-electron chi connectivity index (χ4n) is 4.09. The van der Waals surface area contributed by atoms with Crippen molar-refractivity contribution in [1.82, 2.24) is 4.90 Å². The third-order valence-electron chi connectivity index (χ3n) is 5.59. The maximum Gasteiger partial charge on any atom is 0.0357 e. The zero-order valence-corrected chi connectivity index (χ0v) is 11.8. The quantitative estimate of drug-likeness (QED) is 0.819. The molecule has 0 aromatic heterocycles. The molecule has 0 bridgehead atoms. The van der Waals surface area contributed by atoms with E-state index in [0.717, 1.165) is 18.4 Å². The third kappa shape index (κ3) is 2.53. The van der Waals surface area contributed by atoms with Gasteiger partial charge < -0.3 is 5.73 Å². The van der Waals surface area contributed by atoms with E-state index in [1.165, 1.54) is 58.0 Å². The number of likely N-dealkylation sites (tertiary alicyclic amines) is 1. The summed E-state index contributed by atoms with van der Waals surface area (Å²) in [6.07, 6.45) is 9.66. The predicted octanol–water partition coefficient (Wildman–Crippen LogP) is 3.02. The molecular formula is C15H30N2. The van der Waals surface area contributed by atoms with Crippen LogP contribution in [-0.2, 0) is 0 Å². The smallest absolute Gasteiger partial charge is 0.0357 e. The molecule has 1 saturated carbocycles. The van der Waals surface area contributed by atoms with Crippen LogP contribution in [0.25, 0.3) is 0 Å². The van der Waals surface area contributed by atoms with Gasteiger partial charge >= 0.3 is 0 Å². The lowest BCUT2D eigenvalue weighted by Crippen LogP contribution is -2.61. The summed E-state index contributed by atoms with van der Waals surface area (Å²) in [5.41, 5.74) is 6.53. The molecule has 2 nitrogen and oxygen atoms in total. The van der Waals surface area contributed by atoms with E-state index in [0.29, 0.717) is 5.54 Å². The highest BCUT2D eigenvalue weighted by molar-refractivity contribution is 4.99. The van der Waals surface area contributed by atoms with Gasteiger partial charge in [-0.05, 0) is 50.6 Å². The minimum atomic E-state index is 0.344. The summed E-state index contributed by atoms with van der Waals surface area (Å²) in [5, 5.41) is 0. The summed E-state index contributed by atoms with van der Waals surface area (Å²) in [6, 6.07) is 0. The predicted molar refractivity (Wildman–Crippen MR) is 74.0 cm³/mol. The number of piperidine rings is 1. The number of rotatable bonds is 3. The second-order valence-electron chi connectivity index (χ2n) is 6.29. The Balaban J connectivity index is 2.02. The van der Waals surface area contributed by atoms with Gasteiger partial charge in [0.2, 0.25) is 0 Å². The van der Waals surface area contributed by atoms with E-state index < -0.39 is 0 Å². The van der Waals surface area contributed by atoms with Gasteiger partial charge in [-0.15, -0.1) is 0 Å². The number of nitrogens with two attached hydrogens (primary N) is 1. The van der Waals surface area contributed by atoms with Crippen molar-refractivity contribution in [2.75, 3.05) is 19.6 Å². The highest BCUT2D eigenvalue weighted by atomic mass is 15.2. The van der Waals surface area contributed by atoms with E-state index in [1.807, 2.05) is 0 Å². The lowest BCUT2D eigenvalue weighted by atomic mass is 9.71. The van der Waals surface area contributed by atoms with E-state index >= 15 is 0 Å². The first kappa shape index (κ1) is 13.4. The van der Waals surface area contributed by atoms with Gasteiger partial charge in [0.05, 0.1) is 0 Å². The average Bonchev–Trinajstić information content (AvgIpc) is 2.40. The molecule has 2 heteroatoms. The summed E-state index contributed by atoms with van der Waals surface area (Å²) in [5.74, 6) is 1.76. The number of nitrogens with zero attached hydrogens (tertiary/aromatic N) is 1. The molecule has 0 aromatic carbocycles. The van der Waals surface area contributed by atoms with Crippen molar-refractivity contribution in [3.63, 3.8) is 0 Å². The Morgan fingerprint density at radius 2 is 1.88 bits per heavy atom. The molecule has 0 radical (unpaired) electrons. The van der Waals surface area contributed by atoms with Crippen LogP contribution in [0.5, 0.6) is 0 Å². The lowest BCUT2D eigenvalue weighted by Gasteiger charge is -2.52. The molecule has 2 N–H and O–H groups in total. The summed E-state index contributed by atoms with van der Waals surface area (Å²) in [7, 11) is 0. The molecule has 2 aliphatic rings. The second kappa shape index (κ2) is 5.71. The summed E-state index contributed by atoms with van der Waals surface area (Å²) in [4.78, 5) is 2.75. The molecule has 1 aliphatic carbocycles. The van der Waals surface area contributed by atoms with Crippen LogP contribution in [0.1, 0.15) is 58.8 Å². The maximum absolute atomic E-state index is 6.18. The highest BCUT2D eigenvalue weighted by Gasteiger charge is 2.42. The molecule has 1 saturated heterocycles. The molecule has 0 aromatic rings. The first-order valence-corrected chi connectivity index (χ1v) is 7.68. The zero-order chi connectivity index (χ0) is 12.3. The molecule has 0 amide bonds. The Kier molecular flexibility index (Phi) is 4.48. The normalized spacial score (nSPS) is 37.2. The van der Waals surface area contributed by atoms with E-state index in [9.17, 15) is 0 Å². The number of hydrogen-bond donors (Lipinski definition) is 1. The van der Waals surface area contributed by atoms with Crippen molar-refractivity contribution in [2.24, 2.45) is 17.6 Å². The Bertz CT molecular complexity index is 233. The molecule has 1 aliphatic heterocycles. The van der Waals surface area contributed by atoms with Gasteiger partial charge in [-0.2, -0.15) is 0 Å². The Labute approximate surface area is 107 Å². The Morgan fingerprint density at radius 3 is 2.41 bits per heavy atom. The van der Waals surface area contributed by atoms with Crippen molar-refractivity contribution < 1.29 is 0 Å². The minimum absolute atomic E-state index is 0.344. The minimum Gasteiger partial charge on any atom is -0.329 e. The molecule has 100 valence electrons. The average molecular weight is 238 g/mol. The van der Waals surface area contributed by atoms with E-state index in [2.05, 4.69) is 18.7 Å². The van der Waals surface area contributed by atoms with Crippen LogP contribution in [0.4, 0.5) is 0 Å². The zero-order valence-electron chi connectivity index (χ0n) is 11.8. The van der Waals surface area contributed by atoms with Gasteiger partial charge in [0.1, 0.15) is 0 Å². The van der Waals surface area contributed by atoms with Gasteiger partial charge in [-0.3, -0.25) is 4.90 Å². The van der Waals surface area contributed by atoms with Crippen molar-refractivity contribution in [3.8, 4) is 0 Å². The topological polar surface area (TPSA) is 29.3 Å². The number of hydrogen-bond acceptors (Lipinski definition) is 2. The van der Waals surface area contributed by atoms with Crippen LogP contribution in [0.3, 0.4) is 0 Å². The highest BCUT2D eigenvalue weighted by Crippen LogP contribution is 2.39. The van der Waals surface area contributed by atoms with Crippen LogP contribution in [-0.4, -0.2) is 30.1 Å². The van der Waals surface area contributed by atoms with Gasteiger partial charge in [0, 0.05) is 12.1 Å². The summed E-state index contributed by atoms with van der Waals surface area (Å²) in [6.45, 7) is 8.21. The Hall–Kier alpha value is -0.0800. The van der Waals surface area contributed by atoms with Gasteiger partial charge in [-0.25, -0.2) is 0 Å². The van der Waals surface area contributed by atoms with Crippen LogP contribution in [0.2, 0.25) is 0 Å². The molecule has 2 atom stereocenters. The Morgan fingerprint density at radius 1 is 1.18 bits per heavy atom. The largest absolute Gasteiger partial charge is 0.329 e. The fourth-order valence-corrected chi connectivity index (χ4v) is 4.09. The first-order chi connectivity index (χ1) is 8.23. The summed E-state index contributed by atoms with van der Waals surface area (Å²) < 4.78 is 0. The van der Waals surface area contributed by atoms with Crippen molar-refractivity contribution >= 4 is 0 Å². The van der Waals surface area contributed by atoms with Crippen molar-refractivity contribution in [2.45, 2.75) is 64.3 Å². The van der Waals surface area contributed by atoms with E-state index in [-0.39, 0.29) is 0 Å². The van der Waals surface area contributed by atoms with Crippen LogP contribution >= 0.6 is 0 Å². The monoisotopic (exact) mass is 238 g/mol. The molecule has 2 fully saturated rings. The maximum atomic E-state index is 6.18. The molecule has 2 rings (SSSR count). The van der Waals surface area contributed by atoms with Gasteiger partial charge in [0.25, 0.3) is 0 Å². The molecule has 1 heterocycles. The van der Waals surface area contributed by atoms with E-state index in [4.69, 9.17) is 5.73 Å². The fraction of sp³-hybridized carbons (Fsp3) is 1.00. The first-order valence-electron chi connectivity index (χ1n) is 7.68. The lowest BCUT2D eigenvalue weighted by molar-refractivity contribution is -0.0101. The SMILES string of the molecule is CCC1CCN(C2(CN)CCCCC2C)CC1. The molecule has 0 spiro atoms. The van der Waals surface area contributed by atoms with Crippen LogP contribution in [0, 0.1) is 11.8 Å². The van der Waals surface area contributed by atoms with Gasteiger partial charge in [0.15, 0.2) is 0 Å². The molecule has 2 unspecified atom stereocenters. The summed E-state index contributed by atoms with van der Waals surface area (Å²) >= 11 is 0. The van der Waals surface area contributed by atoms with Crippen molar-refractivity contribution in [1.29, 1.82) is 0 Å². The van der Waals surface area contributed by atoms with Crippen molar-refractivity contribution in [3.05, 3.63) is 0 Å². The standard InChI is InChI=1S/C15H30N2/c1-3-14-7-10-17(11-8-14)15(12-16)9-5-4-6-13(15)2/h13-14H,3-12,16H2,1-2H3. The van der Waals surface area contributed by atoms with Crippen LogP contribution < -0.4 is 5.73 Å². The molecule has 17 heavy (non-hydrogen) atoms. The third-order valence-corrected chi connectivity index (χ3v) is 5.59. The van der Waals surface area contributed by atoms with E-state index in [1.54, 1.807) is 0 Å². The molecular weight excluding hydrogens is 208 g/mol. The van der Waals surface area contributed by atoms with Crippen LogP contribution in [0.15, 0.2) is 0 Å². The van der Waals surface area contributed by atoms with Gasteiger partial charge in [-0.1, -0.05) is 33.1 Å².